The summed E-state index contributed by atoms with van der Waals surface area (Å²) in [6, 6.07) is 24.5. The van der Waals surface area contributed by atoms with Crippen LogP contribution in [0, 0.1) is 10.8 Å². The molecule has 0 amide bonds. The number of phenolic OH excluding ortho intramolecular Hbond substituents is 2. The zero-order valence-corrected chi connectivity index (χ0v) is 30.8. The van der Waals surface area contributed by atoms with E-state index in [1.165, 1.54) is 0 Å². The van der Waals surface area contributed by atoms with Crippen molar-refractivity contribution in [1.82, 2.24) is 11.1 Å². The molecule has 2 aliphatic heterocycles. The summed E-state index contributed by atoms with van der Waals surface area (Å²) in [5.41, 5.74) is 21.6. The highest BCUT2D eigenvalue weighted by molar-refractivity contribution is 5.84. The number of para-hydroxylation sites is 4. The van der Waals surface area contributed by atoms with E-state index in [9.17, 15) is 10.2 Å². The zero-order valence-electron chi connectivity index (χ0n) is 30.8. The number of hydrogen-bond acceptors (Lipinski definition) is 8. The van der Waals surface area contributed by atoms with E-state index >= 15 is 0 Å². The Morgan fingerprint density at radius 2 is 0.878 bits per heavy atom. The third-order valence-corrected chi connectivity index (χ3v) is 9.60. The van der Waals surface area contributed by atoms with Crippen LogP contribution in [0.5, 0.6) is 11.5 Å². The van der Waals surface area contributed by atoms with Crippen molar-refractivity contribution in [2.24, 2.45) is 10.8 Å². The summed E-state index contributed by atoms with van der Waals surface area (Å²) in [5, 5.41) is 28.1. The lowest BCUT2D eigenvalue weighted by atomic mass is 9.71. The summed E-state index contributed by atoms with van der Waals surface area (Å²) >= 11 is 0. The van der Waals surface area contributed by atoms with Crippen LogP contribution in [0.25, 0.3) is 0 Å². The first kappa shape index (κ1) is 34.5. The van der Waals surface area contributed by atoms with Gasteiger partial charge in [0.15, 0.2) is 0 Å². The van der Waals surface area contributed by atoms with E-state index in [2.05, 4.69) is 115 Å². The molecule has 0 aromatic heterocycles. The van der Waals surface area contributed by atoms with E-state index in [4.69, 9.17) is 0 Å². The molecule has 0 unspecified atom stereocenters. The Morgan fingerprint density at radius 3 is 1.24 bits per heavy atom. The number of fused-ring (bicyclic) bond motifs is 2. The number of phenols is 2. The van der Waals surface area contributed by atoms with Crippen molar-refractivity contribution in [3.05, 3.63) is 95.1 Å². The van der Waals surface area contributed by atoms with Crippen LogP contribution < -0.4 is 31.9 Å². The van der Waals surface area contributed by atoms with E-state index in [1.54, 1.807) is 0 Å². The molecule has 49 heavy (non-hydrogen) atoms. The van der Waals surface area contributed by atoms with Gasteiger partial charge in [-0.05, 0) is 82.0 Å². The fourth-order valence-electron chi connectivity index (χ4n) is 8.09. The van der Waals surface area contributed by atoms with E-state index in [1.807, 2.05) is 58.5 Å². The maximum absolute atomic E-state index is 12.1. The second-order valence-corrected chi connectivity index (χ2v) is 17.6. The molecule has 0 saturated heterocycles. The lowest BCUT2D eigenvalue weighted by molar-refractivity contribution is 0.283. The van der Waals surface area contributed by atoms with Crippen LogP contribution in [-0.4, -0.2) is 10.2 Å². The molecule has 8 nitrogen and oxygen atoms in total. The molecule has 260 valence electrons. The molecule has 0 spiro atoms. The average Bonchev–Trinajstić information content (AvgIpc) is 3.61. The Kier molecular flexibility index (Phi) is 8.57. The molecule has 2 aliphatic rings. The van der Waals surface area contributed by atoms with Crippen LogP contribution in [0.3, 0.4) is 0 Å². The second-order valence-electron chi connectivity index (χ2n) is 17.6. The number of aromatic hydroxyl groups is 2. The quantitative estimate of drug-likeness (QED) is 0.111. The van der Waals surface area contributed by atoms with Gasteiger partial charge in [-0.2, -0.15) is 0 Å². The van der Waals surface area contributed by atoms with E-state index in [0.29, 0.717) is 17.8 Å². The van der Waals surface area contributed by atoms with Gasteiger partial charge in [-0.1, -0.05) is 106 Å². The first-order valence-electron chi connectivity index (χ1n) is 17.4. The smallest absolute Gasteiger partial charge is 0.144 e. The molecule has 4 aromatic carbocycles. The van der Waals surface area contributed by atoms with Gasteiger partial charge in [-0.15, -0.1) is 11.1 Å². The van der Waals surface area contributed by atoms with Crippen LogP contribution in [0.1, 0.15) is 104 Å². The van der Waals surface area contributed by atoms with Crippen LogP contribution in [0.15, 0.2) is 72.8 Å². The molecule has 0 bridgehead atoms. The molecule has 6 N–H and O–H groups in total. The van der Waals surface area contributed by atoms with Gasteiger partial charge < -0.3 is 21.1 Å². The van der Waals surface area contributed by atoms with Gasteiger partial charge in [-0.25, -0.2) is 0 Å². The van der Waals surface area contributed by atoms with Gasteiger partial charge in [0.05, 0.1) is 22.7 Å². The maximum Gasteiger partial charge on any atom is 0.144 e. The molecule has 0 saturated carbocycles. The monoisotopic (exact) mass is 662 g/mol. The standard InChI is InChI=1S/C41H54N6O2/c1-38(2,3)24-40(7,8)28-20-26(36(48)34(22-28)46-32-17-13-11-15-30(32)42-44-46)19-27-21-29(41(9,10)25-39(4,5)6)23-35(37(27)49)47-33-18-14-12-16-31(33)43-45-47/h11-18,20-23,42-45,48-49H,19,24-25H2,1-10H3. The van der Waals surface area contributed by atoms with Gasteiger partial charge in [0.25, 0.3) is 0 Å². The molecule has 0 atom stereocenters. The molecule has 2 heterocycles. The SMILES string of the molecule is CC(C)(C)CC(C)(C)c1cc(Cc2cc(C(C)(C)CC(C)(C)C)cc(N3NNc4ccccc43)c2O)c(O)c(N2NNc3ccccc32)c1. The van der Waals surface area contributed by atoms with Gasteiger partial charge in [0, 0.05) is 17.5 Å². The maximum atomic E-state index is 12.1. The highest BCUT2D eigenvalue weighted by atomic mass is 16.3. The summed E-state index contributed by atoms with van der Waals surface area (Å²) in [6.45, 7) is 22.7. The summed E-state index contributed by atoms with van der Waals surface area (Å²) in [6.07, 6.45) is 2.23. The molecule has 0 radical (unpaired) electrons. The summed E-state index contributed by atoms with van der Waals surface area (Å²) < 4.78 is 0. The normalized spacial score (nSPS) is 14.8. The van der Waals surface area contributed by atoms with Crippen LogP contribution in [0.4, 0.5) is 34.1 Å². The average molecular weight is 663 g/mol. The number of hydrazine groups is 4. The minimum absolute atomic E-state index is 0.0922. The minimum atomic E-state index is -0.194. The van der Waals surface area contributed by atoms with Gasteiger partial charge >= 0.3 is 0 Å². The Morgan fingerprint density at radius 1 is 0.510 bits per heavy atom. The first-order chi connectivity index (χ1) is 22.8. The number of hydrogen-bond donors (Lipinski definition) is 6. The Balaban J connectivity index is 1.52. The molecule has 8 heteroatoms. The number of anilines is 6. The summed E-state index contributed by atoms with van der Waals surface area (Å²) in [7, 11) is 0. The van der Waals surface area contributed by atoms with Crippen molar-refractivity contribution in [3.63, 3.8) is 0 Å². The van der Waals surface area contributed by atoms with E-state index in [-0.39, 0.29) is 33.2 Å². The molecular weight excluding hydrogens is 608 g/mol. The second kappa shape index (κ2) is 12.2. The predicted molar refractivity (Wildman–Crippen MR) is 204 cm³/mol. The van der Waals surface area contributed by atoms with Crippen molar-refractivity contribution >= 4 is 34.1 Å². The van der Waals surface area contributed by atoms with Crippen LogP contribution in [-0.2, 0) is 17.3 Å². The third-order valence-electron chi connectivity index (χ3n) is 9.60. The van der Waals surface area contributed by atoms with E-state index < -0.39 is 0 Å². The lowest BCUT2D eigenvalue weighted by Gasteiger charge is -2.35. The topological polar surface area (TPSA) is 95.1 Å². The van der Waals surface area contributed by atoms with Gasteiger partial charge in [0.2, 0.25) is 0 Å². The predicted octanol–water partition coefficient (Wildman–Crippen LogP) is 10.1. The van der Waals surface area contributed by atoms with Crippen molar-refractivity contribution in [2.45, 2.75) is 99.3 Å². The van der Waals surface area contributed by atoms with Crippen molar-refractivity contribution in [1.29, 1.82) is 0 Å². The third kappa shape index (κ3) is 7.03. The first-order valence-corrected chi connectivity index (χ1v) is 17.4. The molecular formula is C41H54N6O2. The number of nitrogens with zero attached hydrogens (tertiary/aromatic N) is 2. The molecule has 4 aromatic rings. The van der Waals surface area contributed by atoms with Crippen molar-refractivity contribution in [3.8, 4) is 11.5 Å². The summed E-state index contributed by atoms with van der Waals surface area (Å²) in [5.74, 6) is 0.348. The largest absolute Gasteiger partial charge is 0.505 e. The fraction of sp³-hybridized carbons (Fsp3) is 0.415. The number of nitrogens with one attached hydrogen (secondary N) is 4. The lowest BCUT2D eigenvalue weighted by Crippen LogP contribution is -2.32. The van der Waals surface area contributed by atoms with E-state index in [0.717, 1.165) is 57.8 Å². The highest BCUT2D eigenvalue weighted by Crippen LogP contribution is 2.48. The number of rotatable bonds is 8. The molecule has 0 fully saturated rings. The minimum Gasteiger partial charge on any atom is -0.505 e. The van der Waals surface area contributed by atoms with Crippen LogP contribution >= 0.6 is 0 Å². The van der Waals surface area contributed by atoms with Gasteiger partial charge in [-0.3, -0.25) is 10.0 Å². The number of benzene rings is 4. The van der Waals surface area contributed by atoms with Crippen LogP contribution in [0.2, 0.25) is 0 Å². The summed E-state index contributed by atoms with van der Waals surface area (Å²) in [4.78, 5) is 0. The Labute approximate surface area is 292 Å². The van der Waals surface area contributed by atoms with Crippen molar-refractivity contribution < 1.29 is 10.2 Å². The fourth-order valence-corrected chi connectivity index (χ4v) is 8.09. The molecule has 0 aliphatic carbocycles. The highest BCUT2D eigenvalue weighted by Gasteiger charge is 2.34. The Hall–Kier alpha value is -4.40. The van der Waals surface area contributed by atoms with Crippen molar-refractivity contribution in [2.75, 3.05) is 20.9 Å². The molecule has 6 rings (SSSR count). The Bertz CT molecular complexity index is 1730. The van der Waals surface area contributed by atoms with Gasteiger partial charge in [0.1, 0.15) is 22.9 Å². The zero-order chi connectivity index (χ0) is 35.5.